The van der Waals surface area contributed by atoms with Crippen LogP contribution in [-0.4, -0.2) is 54.2 Å². The molecule has 6 nitrogen and oxygen atoms in total. The van der Waals surface area contributed by atoms with E-state index in [1.54, 1.807) is 4.90 Å². The van der Waals surface area contributed by atoms with E-state index in [4.69, 9.17) is 0 Å². The van der Waals surface area contributed by atoms with Crippen LogP contribution < -0.4 is 10.2 Å². The van der Waals surface area contributed by atoms with Crippen molar-refractivity contribution in [3.05, 3.63) is 29.8 Å². The van der Waals surface area contributed by atoms with Gasteiger partial charge in [-0.1, -0.05) is 0 Å². The number of nitrogens with zero attached hydrogens (tertiary/aromatic N) is 2. The highest BCUT2D eigenvalue weighted by Gasteiger charge is 2.47. The first-order chi connectivity index (χ1) is 11.1. The minimum absolute atomic E-state index is 0.0104. The number of hydrogen-bond acceptors (Lipinski definition) is 4. The van der Waals surface area contributed by atoms with Gasteiger partial charge in [0.25, 0.3) is 0 Å². The standard InChI is InChI=1S/C15H18F3N3O3/c1-10(22)14(19-2)9-20(7-8-21(14)13(23)24)12-5-3-11(4-6-12)15(16,17)18/h3-6,19H,7-9H2,1-2H3,(H,23,24). The van der Waals surface area contributed by atoms with Crippen LogP contribution in [0.4, 0.5) is 23.7 Å². The lowest BCUT2D eigenvalue weighted by molar-refractivity contribution is -0.137. The van der Waals surface area contributed by atoms with Crippen LogP contribution in [0.15, 0.2) is 24.3 Å². The molecular weight excluding hydrogens is 327 g/mol. The zero-order valence-electron chi connectivity index (χ0n) is 13.2. The Morgan fingerprint density at radius 3 is 2.21 bits per heavy atom. The van der Waals surface area contributed by atoms with Gasteiger partial charge < -0.3 is 10.0 Å². The smallest absolute Gasteiger partial charge is 0.416 e. The number of rotatable bonds is 3. The maximum Gasteiger partial charge on any atom is 0.416 e. The predicted molar refractivity (Wildman–Crippen MR) is 80.9 cm³/mol. The first-order valence-corrected chi connectivity index (χ1v) is 7.24. The highest BCUT2D eigenvalue weighted by Crippen LogP contribution is 2.31. The number of nitrogens with one attached hydrogen (secondary N) is 1. The van der Waals surface area contributed by atoms with Crippen LogP contribution in [-0.2, 0) is 11.0 Å². The van der Waals surface area contributed by atoms with E-state index >= 15 is 0 Å². The SMILES string of the molecule is CNC1(C(C)=O)CN(c2ccc(C(F)(F)F)cc2)CCN1C(=O)O. The van der Waals surface area contributed by atoms with Gasteiger partial charge in [-0.15, -0.1) is 0 Å². The van der Waals surface area contributed by atoms with Gasteiger partial charge in [-0.05, 0) is 38.2 Å². The Morgan fingerprint density at radius 2 is 1.79 bits per heavy atom. The van der Waals surface area contributed by atoms with Gasteiger partial charge in [0.15, 0.2) is 11.4 Å². The molecule has 132 valence electrons. The Labute approximate surface area is 136 Å². The number of hydrogen-bond donors (Lipinski definition) is 2. The van der Waals surface area contributed by atoms with Gasteiger partial charge in [0.05, 0.1) is 12.1 Å². The molecule has 1 aromatic rings. The van der Waals surface area contributed by atoms with E-state index in [0.29, 0.717) is 5.69 Å². The summed E-state index contributed by atoms with van der Waals surface area (Å²) in [5.41, 5.74) is -1.71. The maximum atomic E-state index is 12.6. The summed E-state index contributed by atoms with van der Waals surface area (Å²) in [5, 5.41) is 12.1. The molecule has 1 amide bonds. The maximum absolute atomic E-state index is 12.6. The van der Waals surface area contributed by atoms with Gasteiger partial charge in [0.2, 0.25) is 0 Å². The molecular formula is C15H18F3N3O3. The van der Waals surface area contributed by atoms with E-state index in [9.17, 15) is 27.9 Å². The molecule has 1 fully saturated rings. The summed E-state index contributed by atoms with van der Waals surface area (Å²) in [6.45, 7) is 1.62. The summed E-state index contributed by atoms with van der Waals surface area (Å²) in [7, 11) is 1.48. The Balaban J connectivity index is 2.31. The molecule has 0 saturated carbocycles. The number of carboxylic acid groups (broad SMARTS) is 1. The normalized spacial score (nSPS) is 21.7. The molecule has 2 N–H and O–H groups in total. The van der Waals surface area contributed by atoms with E-state index in [0.717, 1.165) is 17.0 Å². The fourth-order valence-corrected chi connectivity index (χ4v) is 2.88. The fourth-order valence-electron chi connectivity index (χ4n) is 2.88. The summed E-state index contributed by atoms with van der Waals surface area (Å²) >= 11 is 0. The molecule has 0 aromatic heterocycles. The Hall–Kier alpha value is -2.29. The van der Waals surface area contributed by atoms with Gasteiger partial charge in [0.1, 0.15) is 0 Å². The lowest BCUT2D eigenvalue weighted by atomic mass is 9.99. The average molecular weight is 345 g/mol. The lowest BCUT2D eigenvalue weighted by Crippen LogP contribution is -2.73. The van der Waals surface area contributed by atoms with E-state index in [-0.39, 0.29) is 25.4 Å². The first kappa shape index (κ1) is 18.1. The minimum Gasteiger partial charge on any atom is -0.465 e. The average Bonchev–Trinajstić information content (AvgIpc) is 2.53. The third-order valence-corrected chi connectivity index (χ3v) is 4.26. The number of alkyl halides is 3. The number of anilines is 1. The molecule has 0 aliphatic carbocycles. The van der Waals surface area contributed by atoms with Crippen molar-refractivity contribution in [2.45, 2.75) is 18.8 Å². The summed E-state index contributed by atoms with van der Waals surface area (Å²) < 4.78 is 37.9. The molecule has 1 atom stereocenters. The van der Waals surface area contributed by atoms with Crippen molar-refractivity contribution in [2.24, 2.45) is 0 Å². The van der Waals surface area contributed by atoms with Crippen LogP contribution in [0, 0.1) is 0 Å². The Morgan fingerprint density at radius 1 is 1.21 bits per heavy atom. The Kier molecular flexibility index (Phi) is 4.75. The van der Waals surface area contributed by atoms with Crippen LogP contribution in [0.5, 0.6) is 0 Å². The number of likely N-dealkylation sites (N-methyl/N-ethyl adjacent to an activating group) is 1. The number of carbonyl (C=O) groups is 2. The number of Topliss-reactive ketones (excluding diaryl/α,β-unsaturated/α-hetero) is 1. The minimum atomic E-state index is -4.42. The van der Waals surface area contributed by atoms with Crippen LogP contribution in [0.3, 0.4) is 0 Å². The summed E-state index contributed by atoms with van der Waals surface area (Å²) in [6.07, 6.45) is -5.65. The van der Waals surface area contributed by atoms with Gasteiger partial charge >= 0.3 is 12.3 Å². The lowest BCUT2D eigenvalue weighted by Gasteiger charge is -2.48. The molecule has 1 heterocycles. The number of benzene rings is 1. The molecule has 0 spiro atoms. The number of amides is 1. The second-order valence-electron chi connectivity index (χ2n) is 5.57. The Bertz CT molecular complexity index is 633. The molecule has 1 aliphatic heterocycles. The molecule has 9 heteroatoms. The van der Waals surface area contributed by atoms with Crippen molar-refractivity contribution in [3.8, 4) is 0 Å². The number of ketones is 1. The molecule has 1 aliphatic rings. The van der Waals surface area contributed by atoms with Crippen LogP contribution >= 0.6 is 0 Å². The number of carbonyl (C=O) groups excluding carboxylic acids is 1. The van der Waals surface area contributed by atoms with Crippen molar-refractivity contribution in [2.75, 3.05) is 31.6 Å². The topological polar surface area (TPSA) is 72.9 Å². The van der Waals surface area contributed by atoms with Crippen LogP contribution in [0.25, 0.3) is 0 Å². The second kappa shape index (κ2) is 6.31. The van der Waals surface area contributed by atoms with Crippen LogP contribution in [0.1, 0.15) is 12.5 Å². The van der Waals surface area contributed by atoms with Gasteiger partial charge in [-0.2, -0.15) is 13.2 Å². The first-order valence-electron chi connectivity index (χ1n) is 7.24. The third-order valence-electron chi connectivity index (χ3n) is 4.26. The van der Waals surface area contributed by atoms with Gasteiger partial charge in [-0.25, -0.2) is 4.79 Å². The molecule has 0 bridgehead atoms. The van der Waals surface area contributed by atoms with Gasteiger partial charge in [0, 0.05) is 18.8 Å². The largest absolute Gasteiger partial charge is 0.465 e. The number of halogens is 3. The molecule has 24 heavy (non-hydrogen) atoms. The van der Waals surface area contributed by atoms with E-state index in [1.165, 1.54) is 26.1 Å². The zero-order chi connectivity index (χ0) is 18.1. The fraction of sp³-hybridized carbons (Fsp3) is 0.467. The predicted octanol–water partition coefficient (Wildman–Crippen LogP) is 2.01. The highest BCUT2D eigenvalue weighted by atomic mass is 19.4. The van der Waals surface area contributed by atoms with Crippen molar-refractivity contribution < 1.29 is 27.9 Å². The molecule has 1 aromatic carbocycles. The highest BCUT2D eigenvalue weighted by molar-refractivity contribution is 5.90. The summed E-state index contributed by atoms with van der Waals surface area (Å²) in [5.74, 6) is -0.385. The quantitative estimate of drug-likeness (QED) is 0.877. The van der Waals surface area contributed by atoms with Crippen molar-refractivity contribution >= 4 is 17.6 Å². The zero-order valence-corrected chi connectivity index (χ0v) is 13.2. The number of piperazine rings is 1. The third kappa shape index (κ3) is 3.16. The second-order valence-corrected chi connectivity index (χ2v) is 5.57. The van der Waals surface area contributed by atoms with Crippen LogP contribution in [0.2, 0.25) is 0 Å². The van der Waals surface area contributed by atoms with Crippen molar-refractivity contribution in [1.82, 2.24) is 10.2 Å². The van der Waals surface area contributed by atoms with E-state index < -0.39 is 23.5 Å². The van der Waals surface area contributed by atoms with E-state index in [2.05, 4.69) is 5.32 Å². The van der Waals surface area contributed by atoms with Crippen molar-refractivity contribution in [3.63, 3.8) is 0 Å². The summed E-state index contributed by atoms with van der Waals surface area (Å²) in [4.78, 5) is 26.2. The summed E-state index contributed by atoms with van der Waals surface area (Å²) in [6, 6.07) is 4.57. The molecule has 1 unspecified atom stereocenters. The molecule has 2 rings (SSSR count). The monoisotopic (exact) mass is 345 g/mol. The molecule has 1 saturated heterocycles. The molecule has 0 radical (unpaired) electrons. The van der Waals surface area contributed by atoms with E-state index in [1.807, 2.05) is 0 Å². The van der Waals surface area contributed by atoms with Crippen molar-refractivity contribution in [1.29, 1.82) is 0 Å². The van der Waals surface area contributed by atoms with Gasteiger partial charge in [-0.3, -0.25) is 15.0 Å².